The molecule has 2 bridgehead atoms. The predicted octanol–water partition coefficient (Wildman–Crippen LogP) is 3.91. The van der Waals surface area contributed by atoms with Crippen LogP contribution in [0.3, 0.4) is 0 Å². The number of carbonyl (C=O) groups excluding carboxylic acids is 3. The lowest BCUT2D eigenvalue weighted by Gasteiger charge is -2.42. The van der Waals surface area contributed by atoms with Crippen molar-refractivity contribution in [3.8, 4) is 0 Å². The van der Waals surface area contributed by atoms with Gasteiger partial charge in [0.25, 0.3) is 5.91 Å². The molecule has 3 aliphatic rings. The highest BCUT2D eigenvalue weighted by molar-refractivity contribution is 7.92. The van der Waals surface area contributed by atoms with Crippen LogP contribution in [0.1, 0.15) is 48.9 Å². The Morgan fingerprint density at radius 2 is 1.77 bits per heavy atom. The van der Waals surface area contributed by atoms with Gasteiger partial charge in [-0.05, 0) is 80.7 Å². The molecule has 3 atom stereocenters. The lowest BCUT2D eigenvalue weighted by molar-refractivity contribution is -0.128. The minimum atomic E-state index is -4.05. The zero-order valence-electron chi connectivity index (χ0n) is 23.3. The van der Waals surface area contributed by atoms with Gasteiger partial charge in [0, 0.05) is 30.4 Å². The Kier molecular flexibility index (Phi) is 8.70. The van der Waals surface area contributed by atoms with E-state index in [-0.39, 0.29) is 40.6 Å². The van der Waals surface area contributed by atoms with Gasteiger partial charge in [0.05, 0.1) is 27.9 Å². The number of ether oxygens (including phenoxy) is 1. The van der Waals surface area contributed by atoms with E-state index in [1.807, 2.05) is 0 Å². The van der Waals surface area contributed by atoms with Gasteiger partial charge in [0.2, 0.25) is 5.91 Å². The highest BCUT2D eigenvalue weighted by Gasteiger charge is 2.56. The Balaban J connectivity index is 1.28. The second-order valence-electron chi connectivity index (χ2n) is 11.4. The molecule has 2 aromatic carbocycles. The van der Waals surface area contributed by atoms with Crippen molar-refractivity contribution in [1.82, 2.24) is 10.2 Å². The third kappa shape index (κ3) is 5.94. The highest BCUT2D eigenvalue weighted by Crippen LogP contribution is 2.52. The number of fused-ring (bicyclic) bond motifs is 2. The van der Waals surface area contributed by atoms with Crippen molar-refractivity contribution in [2.24, 2.45) is 11.8 Å². The summed E-state index contributed by atoms with van der Waals surface area (Å²) in [5.74, 6) is -4.18. The third-order valence-corrected chi connectivity index (χ3v) is 11.7. The first-order valence-corrected chi connectivity index (χ1v) is 15.9. The van der Waals surface area contributed by atoms with Crippen LogP contribution in [0.4, 0.5) is 19.3 Å². The molecule has 1 saturated heterocycles. The standard InChI is InChI=1S/C29H32ClF2N3O7S/c1-42-28(38)35-10-2-3-24(35)27(37)33-15-29(39)17-5-6-18(29)13-20(12-17)43(40,41)25-11-16(4-8-21(25)30)26(36)34-19-7-9-22(31)23(32)14-19/h4,7-9,11,14,17-18,20,24,39H,2-3,5-6,10,12-13,15H2,1H3,(H,33,37)(H,34,36)/t17?,18?,20-,24-,29-/m0/s1. The number of hydrogen-bond donors (Lipinski definition) is 3. The molecule has 3 amide bonds. The highest BCUT2D eigenvalue weighted by atomic mass is 35.5. The first kappa shape index (κ1) is 31.1. The van der Waals surface area contributed by atoms with Crippen molar-refractivity contribution < 1.29 is 41.4 Å². The maximum absolute atomic E-state index is 13.8. The second-order valence-corrected chi connectivity index (χ2v) is 14.0. The average Bonchev–Trinajstić information content (AvgIpc) is 3.50. The van der Waals surface area contributed by atoms with E-state index < -0.39 is 68.1 Å². The van der Waals surface area contributed by atoms with E-state index >= 15 is 0 Å². The predicted molar refractivity (Wildman–Crippen MR) is 152 cm³/mol. The molecule has 0 spiro atoms. The van der Waals surface area contributed by atoms with Gasteiger partial charge in [-0.3, -0.25) is 14.5 Å². The molecule has 1 heterocycles. The Hall–Kier alpha value is -3.29. The minimum absolute atomic E-state index is 0.00979. The van der Waals surface area contributed by atoms with Gasteiger partial charge in [-0.2, -0.15) is 0 Å². The summed E-state index contributed by atoms with van der Waals surface area (Å²) in [4.78, 5) is 38.9. The summed E-state index contributed by atoms with van der Waals surface area (Å²) < 4.78 is 59.2. The van der Waals surface area contributed by atoms with Gasteiger partial charge in [0.1, 0.15) is 6.04 Å². The van der Waals surface area contributed by atoms with E-state index in [1.54, 1.807) is 0 Å². The van der Waals surface area contributed by atoms with Crippen molar-refractivity contribution in [2.45, 2.75) is 60.3 Å². The molecule has 43 heavy (non-hydrogen) atoms. The summed E-state index contributed by atoms with van der Waals surface area (Å²) in [5, 5.41) is 15.9. The Labute approximate surface area is 252 Å². The molecular formula is C29H32ClF2N3O7S. The summed E-state index contributed by atoms with van der Waals surface area (Å²) in [6.07, 6.45) is 1.95. The van der Waals surface area contributed by atoms with Crippen molar-refractivity contribution >= 4 is 45.0 Å². The van der Waals surface area contributed by atoms with Gasteiger partial charge >= 0.3 is 6.09 Å². The van der Waals surface area contributed by atoms with Crippen molar-refractivity contribution in [3.05, 3.63) is 58.6 Å². The topological polar surface area (TPSA) is 142 Å². The molecule has 232 valence electrons. The number of rotatable bonds is 7. The normalized spacial score (nSPS) is 26.7. The SMILES string of the molecule is COC(=O)N1CCC[C@H]1C(=O)NC[C@]1(O)C2CCC1C[C@@H](S(=O)(=O)c1cc(C(=O)Nc3ccc(F)c(F)c3)ccc1Cl)C2. The zero-order valence-corrected chi connectivity index (χ0v) is 24.9. The molecular weight excluding hydrogens is 608 g/mol. The molecule has 3 fully saturated rings. The first-order valence-electron chi connectivity index (χ1n) is 14.0. The lowest BCUT2D eigenvalue weighted by atomic mass is 9.74. The van der Waals surface area contributed by atoms with Gasteiger partial charge in [-0.15, -0.1) is 0 Å². The number of halogens is 3. The number of nitrogens with zero attached hydrogens (tertiary/aromatic N) is 1. The Bertz CT molecular complexity index is 1540. The van der Waals surface area contributed by atoms with Crippen LogP contribution in [-0.4, -0.2) is 73.4 Å². The number of carbonyl (C=O) groups is 3. The molecule has 10 nitrogen and oxygen atoms in total. The molecule has 0 radical (unpaired) electrons. The fraction of sp³-hybridized carbons (Fsp3) is 0.483. The molecule has 1 aliphatic heterocycles. The maximum atomic E-state index is 13.8. The summed E-state index contributed by atoms with van der Waals surface area (Å²) in [7, 11) is -2.81. The number of hydrogen-bond acceptors (Lipinski definition) is 7. The van der Waals surface area contributed by atoms with Crippen molar-refractivity contribution in [2.75, 3.05) is 25.5 Å². The fourth-order valence-electron chi connectivity index (χ4n) is 6.69. The molecule has 14 heteroatoms. The molecule has 2 unspecified atom stereocenters. The van der Waals surface area contributed by atoms with Crippen LogP contribution < -0.4 is 10.6 Å². The van der Waals surface area contributed by atoms with Crippen molar-refractivity contribution in [3.63, 3.8) is 0 Å². The second kappa shape index (κ2) is 12.0. The smallest absolute Gasteiger partial charge is 0.410 e. The number of nitrogens with one attached hydrogen (secondary N) is 2. The van der Waals surface area contributed by atoms with Crippen LogP contribution in [0.15, 0.2) is 41.3 Å². The monoisotopic (exact) mass is 639 g/mol. The number of anilines is 1. The van der Waals surface area contributed by atoms with Gasteiger partial charge in [-0.25, -0.2) is 22.0 Å². The molecule has 0 aromatic heterocycles. The van der Waals surface area contributed by atoms with E-state index in [4.69, 9.17) is 16.3 Å². The summed E-state index contributed by atoms with van der Waals surface area (Å²) >= 11 is 6.30. The number of sulfone groups is 1. The van der Waals surface area contributed by atoms with Crippen LogP contribution in [0.2, 0.25) is 5.02 Å². The molecule has 3 N–H and O–H groups in total. The molecule has 2 saturated carbocycles. The number of methoxy groups -OCH3 is 1. The quantitative estimate of drug-likeness (QED) is 0.417. The summed E-state index contributed by atoms with van der Waals surface area (Å²) in [6.45, 7) is 0.329. The fourth-order valence-corrected chi connectivity index (χ4v) is 9.10. The number of aliphatic hydroxyl groups is 1. The van der Waals surface area contributed by atoms with Crippen LogP contribution in [0, 0.1) is 23.5 Å². The van der Waals surface area contributed by atoms with Gasteiger partial charge in [0.15, 0.2) is 21.5 Å². The van der Waals surface area contributed by atoms with E-state index in [9.17, 15) is 36.7 Å². The molecule has 2 aliphatic carbocycles. The number of likely N-dealkylation sites (tertiary alicyclic amines) is 1. The van der Waals surface area contributed by atoms with E-state index in [0.29, 0.717) is 32.2 Å². The maximum Gasteiger partial charge on any atom is 0.410 e. The van der Waals surface area contributed by atoms with Crippen LogP contribution in [0.25, 0.3) is 0 Å². The third-order valence-electron chi connectivity index (χ3n) is 9.00. The van der Waals surface area contributed by atoms with Crippen LogP contribution in [0.5, 0.6) is 0 Å². The average molecular weight is 640 g/mol. The summed E-state index contributed by atoms with van der Waals surface area (Å²) in [6, 6.07) is 5.92. The zero-order chi connectivity index (χ0) is 31.1. The molecule has 5 rings (SSSR count). The number of benzene rings is 2. The Morgan fingerprint density at radius 3 is 2.42 bits per heavy atom. The Morgan fingerprint density at radius 1 is 1.07 bits per heavy atom. The summed E-state index contributed by atoms with van der Waals surface area (Å²) in [5.41, 5.74) is -1.37. The van der Waals surface area contributed by atoms with Crippen LogP contribution in [-0.2, 0) is 19.4 Å². The van der Waals surface area contributed by atoms with Crippen molar-refractivity contribution in [1.29, 1.82) is 0 Å². The van der Waals surface area contributed by atoms with Gasteiger partial charge < -0.3 is 20.5 Å². The molecule has 2 aromatic rings. The number of amides is 3. The van der Waals surface area contributed by atoms with E-state index in [1.165, 1.54) is 30.2 Å². The largest absolute Gasteiger partial charge is 0.453 e. The minimum Gasteiger partial charge on any atom is -0.453 e. The first-order chi connectivity index (χ1) is 20.3. The van der Waals surface area contributed by atoms with Gasteiger partial charge in [-0.1, -0.05) is 11.6 Å². The lowest BCUT2D eigenvalue weighted by Crippen LogP contribution is -2.56. The van der Waals surface area contributed by atoms with E-state index in [0.717, 1.165) is 18.2 Å². The van der Waals surface area contributed by atoms with E-state index in [2.05, 4.69) is 10.6 Å². The van der Waals surface area contributed by atoms with Crippen LogP contribution >= 0.6 is 11.6 Å².